The summed E-state index contributed by atoms with van der Waals surface area (Å²) in [5.41, 5.74) is -0.645. The van der Waals surface area contributed by atoms with E-state index in [-0.39, 0.29) is 34.6 Å². The summed E-state index contributed by atoms with van der Waals surface area (Å²) in [6.45, 7) is 0. The molecule has 2 amide bonds. The molecule has 56 heavy (non-hydrogen) atoms. The van der Waals surface area contributed by atoms with Crippen LogP contribution in [0.15, 0.2) is 97.6 Å². The number of halogens is 8. The Morgan fingerprint density at radius 3 is 1.45 bits per heavy atom. The zero-order chi connectivity index (χ0) is 39.8. The molecular weight excluding hydrogens is 752 g/mol. The molecule has 2 aliphatic rings. The average Bonchev–Trinajstić information content (AvgIpc) is 4.10. The summed E-state index contributed by atoms with van der Waals surface area (Å²) >= 11 is 0. The largest absolute Gasteiger partial charge is 0.435 e. The van der Waals surface area contributed by atoms with Crippen molar-refractivity contribution in [1.29, 1.82) is 0 Å². The van der Waals surface area contributed by atoms with Gasteiger partial charge in [0.1, 0.15) is 11.4 Å². The smallest absolute Gasteiger partial charge is 0.322 e. The molecule has 2 aromatic carbocycles. The number of rotatable bonds is 8. The zero-order valence-electron chi connectivity index (χ0n) is 28.7. The van der Waals surface area contributed by atoms with Crippen molar-refractivity contribution < 1.29 is 44.7 Å². The van der Waals surface area contributed by atoms with Gasteiger partial charge in [0.2, 0.25) is 0 Å². The topological polar surface area (TPSA) is 120 Å². The molecule has 0 atom stereocenters. The van der Waals surface area contributed by atoms with Crippen LogP contribution in [0.3, 0.4) is 0 Å². The number of pyridine rings is 2. The lowest BCUT2D eigenvalue weighted by Crippen LogP contribution is -2.13. The number of anilines is 2. The molecule has 0 spiro atoms. The van der Waals surface area contributed by atoms with Crippen molar-refractivity contribution in [2.24, 2.45) is 0 Å². The van der Waals surface area contributed by atoms with E-state index in [4.69, 9.17) is 0 Å². The number of carbonyl (C=O) groups is 2. The Kier molecular flexibility index (Phi) is 10.1. The second-order valence-corrected chi connectivity index (χ2v) is 13.0. The maximum Gasteiger partial charge on any atom is 0.435 e. The van der Waals surface area contributed by atoms with Gasteiger partial charge in [0.15, 0.2) is 23.0 Å². The van der Waals surface area contributed by atoms with Gasteiger partial charge in [-0.05, 0) is 98.5 Å². The lowest BCUT2D eigenvalue weighted by Gasteiger charge is -2.10. The first-order valence-electron chi connectivity index (χ1n) is 17.0. The van der Waals surface area contributed by atoms with E-state index in [0.29, 0.717) is 22.5 Å². The van der Waals surface area contributed by atoms with E-state index >= 15 is 0 Å². The normalized spacial score (nSPS) is 14.1. The third kappa shape index (κ3) is 8.58. The van der Waals surface area contributed by atoms with E-state index in [1.54, 1.807) is 12.1 Å². The zero-order valence-corrected chi connectivity index (χ0v) is 28.7. The van der Waals surface area contributed by atoms with E-state index in [9.17, 15) is 44.7 Å². The number of aromatic nitrogens is 6. The molecule has 288 valence electrons. The van der Waals surface area contributed by atoms with E-state index in [1.165, 1.54) is 61.2 Å². The van der Waals surface area contributed by atoms with Gasteiger partial charge in [0.25, 0.3) is 11.8 Å². The quantitative estimate of drug-likeness (QED) is 0.149. The molecule has 6 aromatic rings. The molecule has 2 fully saturated rings. The minimum absolute atomic E-state index is 0.0610. The fraction of sp³-hybridized carbons (Fsp3) is 0.211. The molecule has 0 radical (unpaired) electrons. The van der Waals surface area contributed by atoms with Gasteiger partial charge in [-0.25, -0.2) is 18.1 Å². The summed E-state index contributed by atoms with van der Waals surface area (Å²) in [5.74, 6) is -2.62. The molecule has 18 heteroatoms. The number of carbonyl (C=O) groups excluding carboxylic acids is 2. The summed E-state index contributed by atoms with van der Waals surface area (Å²) in [6, 6.07) is 15.6. The van der Waals surface area contributed by atoms with Gasteiger partial charge in [0.05, 0.1) is 5.56 Å². The molecule has 2 saturated carbocycles. The molecule has 0 unspecified atom stereocenters. The number of hydrogen-bond acceptors (Lipinski definition) is 6. The van der Waals surface area contributed by atoms with Crippen molar-refractivity contribution in [1.82, 2.24) is 29.5 Å². The van der Waals surface area contributed by atoms with Crippen molar-refractivity contribution in [2.75, 3.05) is 10.6 Å². The van der Waals surface area contributed by atoms with Crippen LogP contribution < -0.4 is 10.6 Å². The monoisotopic (exact) mass is 780 g/mol. The number of alkyl halides is 6. The predicted molar refractivity (Wildman–Crippen MR) is 185 cm³/mol. The maximum absolute atomic E-state index is 14.7. The van der Waals surface area contributed by atoms with Crippen molar-refractivity contribution in [3.05, 3.63) is 143 Å². The number of amides is 2. The second-order valence-electron chi connectivity index (χ2n) is 13.0. The number of hydrogen-bond donors (Lipinski definition) is 2. The highest BCUT2D eigenvalue weighted by Crippen LogP contribution is 2.44. The van der Waals surface area contributed by atoms with Crippen molar-refractivity contribution in [2.45, 2.75) is 49.9 Å². The first kappa shape index (κ1) is 37.8. The van der Waals surface area contributed by atoms with Gasteiger partial charge in [-0.1, -0.05) is 0 Å². The summed E-state index contributed by atoms with van der Waals surface area (Å²) < 4.78 is 109. The van der Waals surface area contributed by atoms with Crippen LogP contribution in [0.2, 0.25) is 0 Å². The Hall–Kier alpha value is -6.46. The van der Waals surface area contributed by atoms with Crippen LogP contribution in [0, 0.1) is 11.6 Å². The Bertz CT molecular complexity index is 2220. The highest BCUT2D eigenvalue weighted by atomic mass is 19.4. The van der Waals surface area contributed by atoms with Gasteiger partial charge in [0, 0.05) is 64.9 Å². The molecule has 0 saturated heterocycles. The molecule has 4 aromatic heterocycles. The van der Waals surface area contributed by atoms with Gasteiger partial charge in [-0.15, -0.1) is 0 Å². The van der Waals surface area contributed by atoms with Crippen LogP contribution in [-0.2, 0) is 12.4 Å². The molecule has 0 bridgehead atoms. The Balaban J connectivity index is 0.000000172. The molecule has 2 aliphatic carbocycles. The molecule has 0 aliphatic heterocycles. The standard InChI is InChI=1S/2C19H14F4N4O/c20-14-9-13(25-18(28)12-5-7-24-8-6-12)3-4-15(14)27-16(11-1-2-11)10-17(26-27)19(21,22)23;20-14-8-13(25-18(28)12-2-1-7-24-10-12)5-6-15(14)27-16(11-3-4-11)9-17(26-27)19(21,22)23/h3-11H,1-2H2,(H,25,28);1-2,5-11H,3-4H2,(H,25,28). The van der Waals surface area contributed by atoms with Crippen LogP contribution >= 0.6 is 0 Å². The van der Waals surface area contributed by atoms with Gasteiger partial charge < -0.3 is 10.6 Å². The first-order valence-corrected chi connectivity index (χ1v) is 17.0. The first-order chi connectivity index (χ1) is 26.7. The van der Waals surface area contributed by atoms with E-state index in [0.717, 1.165) is 59.3 Å². The summed E-state index contributed by atoms with van der Waals surface area (Å²) in [4.78, 5) is 31.9. The summed E-state index contributed by atoms with van der Waals surface area (Å²) in [6.07, 6.45) is -0.468. The van der Waals surface area contributed by atoms with E-state index in [1.807, 2.05) is 0 Å². The van der Waals surface area contributed by atoms with Crippen molar-refractivity contribution in [3.63, 3.8) is 0 Å². The Labute approximate surface area is 312 Å². The molecule has 4 heterocycles. The summed E-state index contributed by atoms with van der Waals surface area (Å²) in [5, 5.41) is 12.2. The molecule has 8 rings (SSSR count). The SMILES string of the molecule is O=C(Nc1ccc(-n2nc(C(F)(F)F)cc2C2CC2)c(F)c1)c1cccnc1.O=C(Nc1ccc(-n2nc(C(F)(F)F)cc2C2CC2)c(F)c1)c1ccncc1. The number of nitrogens with one attached hydrogen (secondary N) is 2. The highest BCUT2D eigenvalue weighted by molar-refractivity contribution is 6.04. The van der Waals surface area contributed by atoms with E-state index < -0.39 is 47.2 Å². The third-order valence-electron chi connectivity index (χ3n) is 8.78. The fourth-order valence-corrected chi connectivity index (χ4v) is 5.71. The minimum atomic E-state index is -4.61. The van der Waals surface area contributed by atoms with Crippen LogP contribution in [0.25, 0.3) is 11.4 Å². The summed E-state index contributed by atoms with van der Waals surface area (Å²) in [7, 11) is 0. The van der Waals surface area contributed by atoms with Crippen LogP contribution in [-0.4, -0.2) is 41.3 Å². The second kappa shape index (κ2) is 15.0. The molecular formula is C38H28F8N8O2. The lowest BCUT2D eigenvalue weighted by atomic mass is 10.2. The maximum atomic E-state index is 14.7. The fourth-order valence-electron chi connectivity index (χ4n) is 5.71. The Morgan fingerprint density at radius 2 is 1.05 bits per heavy atom. The van der Waals surface area contributed by atoms with Crippen molar-refractivity contribution >= 4 is 23.2 Å². The lowest BCUT2D eigenvalue weighted by molar-refractivity contribution is -0.142. The van der Waals surface area contributed by atoms with Gasteiger partial charge in [-0.2, -0.15) is 36.5 Å². The van der Waals surface area contributed by atoms with Crippen LogP contribution in [0.1, 0.15) is 81.0 Å². The van der Waals surface area contributed by atoms with Crippen LogP contribution in [0.4, 0.5) is 46.5 Å². The van der Waals surface area contributed by atoms with Gasteiger partial charge >= 0.3 is 12.4 Å². The third-order valence-corrected chi connectivity index (χ3v) is 8.78. The number of benzene rings is 2. The Morgan fingerprint density at radius 1 is 0.589 bits per heavy atom. The number of nitrogens with zero attached hydrogens (tertiary/aromatic N) is 6. The highest BCUT2D eigenvalue weighted by Gasteiger charge is 2.39. The van der Waals surface area contributed by atoms with Gasteiger partial charge in [-0.3, -0.25) is 19.6 Å². The predicted octanol–water partition coefficient (Wildman–Crippen LogP) is 9.11. The van der Waals surface area contributed by atoms with Crippen molar-refractivity contribution in [3.8, 4) is 11.4 Å². The van der Waals surface area contributed by atoms with Crippen LogP contribution in [0.5, 0.6) is 0 Å². The molecule has 2 N–H and O–H groups in total. The van der Waals surface area contributed by atoms with E-state index in [2.05, 4.69) is 30.8 Å². The molecule has 10 nitrogen and oxygen atoms in total. The average molecular weight is 781 g/mol. The minimum Gasteiger partial charge on any atom is -0.322 e.